The van der Waals surface area contributed by atoms with Crippen molar-refractivity contribution in [3.63, 3.8) is 0 Å². The molecule has 0 fully saturated rings. The first kappa shape index (κ1) is 29.3. The second kappa shape index (κ2) is 12.3. The number of hydrogen-bond acceptors (Lipinski definition) is 6. The van der Waals surface area contributed by atoms with Crippen LogP contribution in [-0.4, -0.2) is 39.3 Å². The molecule has 1 N–H and O–H groups in total. The molecule has 0 aliphatic rings. The van der Waals surface area contributed by atoms with Gasteiger partial charge in [-0.15, -0.1) is 0 Å². The molecule has 3 aromatic carbocycles. The van der Waals surface area contributed by atoms with Gasteiger partial charge in [-0.25, -0.2) is 27.9 Å². The molecule has 0 aliphatic heterocycles. The van der Waals surface area contributed by atoms with E-state index in [9.17, 15) is 14.3 Å². The molecule has 218 valence electrons. The number of imidazole rings is 1. The minimum Gasteiger partial charge on any atom is -0.478 e. The Morgan fingerprint density at radius 2 is 1.79 bits per heavy atom. The van der Waals surface area contributed by atoms with Crippen LogP contribution < -0.4 is 4.74 Å². The van der Waals surface area contributed by atoms with E-state index in [0.717, 1.165) is 18.2 Å². The fourth-order valence-electron chi connectivity index (χ4n) is 4.83. The molecule has 0 radical (unpaired) electrons. The van der Waals surface area contributed by atoms with Gasteiger partial charge in [-0.2, -0.15) is 5.26 Å². The molecule has 0 aliphatic carbocycles. The van der Waals surface area contributed by atoms with Crippen LogP contribution in [-0.2, 0) is 17.8 Å². The van der Waals surface area contributed by atoms with Gasteiger partial charge in [0.05, 0.1) is 46.6 Å². The summed E-state index contributed by atoms with van der Waals surface area (Å²) >= 11 is 0. The topological polar surface area (TPSA) is 110 Å². The average molecular weight is 587 g/mol. The summed E-state index contributed by atoms with van der Waals surface area (Å²) in [6.07, 6.45) is -0.0685. The van der Waals surface area contributed by atoms with Gasteiger partial charge < -0.3 is 19.1 Å². The fourth-order valence-corrected chi connectivity index (χ4v) is 4.83. The molecule has 43 heavy (non-hydrogen) atoms. The highest BCUT2D eigenvalue weighted by molar-refractivity contribution is 5.92. The van der Waals surface area contributed by atoms with Gasteiger partial charge in [0.15, 0.2) is 0 Å². The van der Waals surface area contributed by atoms with Gasteiger partial charge in [-0.3, -0.25) is 0 Å². The van der Waals surface area contributed by atoms with Gasteiger partial charge in [0.25, 0.3) is 0 Å². The number of benzene rings is 3. The van der Waals surface area contributed by atoms with E-state index in [1.54, 1.807) is 16.7 Å². The van der Waals surface area contributed by atoms with E-state index in [-0.39, 0.29) is 65.1 Å². The van der Waals surface area contributed by atoms with E-state index < -0.39 is 23.4 Å². The van der Waals surface area contributed by atoms with Crippen LogP contribution in [0.3, 0.4) is 0 Å². The number of carboxylic acids is 1. The molecule has 2 aromatic heterocycles. The third-order valence-corrected chi connectivity index (χ3v) is 6.90. The molecule has 5 aromatic rings. The van der Waals surface area contributed by atoms with Gasteiger partial charge in [-0.05, 0) is 61.0 Å². The summed E-state index contributed by atoms with van der Waals surface area (Å²) in [6, 6.07) is 16.8. The first-order valence-corrected chi connectivity index (χ1v) is 13.2. The molecule has 0 amide bonds. The van der Waals surface area contributed by atoms with Crippen LogP contribution in [0.15, 0.2) is 66.7 Å². The first-order valence-electron chi connectivity index (χ1n) is 13.2. The number of rotatable bonds is 10. The van der Waals surface area contributed by atoms with E-state index in [0.29, 0.717) is 16.9 Å². The van der Waals surface area contributed by atoms with Crippen molar-refractivity contribution in [2.24, 2.45) is 0 Å². The molecule has 0 saturated heterocycles. The molecule has 1 atom stereocenters. The monoisotopic (exact) mass is 586 g/mol. The second-order valence-electron chi connectivity index (χ2n) is 9.88. The number of ether oxygens (including phenoxy) is 2. The zero-order valence-electron chi connectivity index (χ0n) is 23.1. The van der Waals surface area contributed by atoms with Crippen molar-refractivity contribution in [1.29, 1.82) is 5.26 Å². The van der Waals surface area contributed by atoms with E-state index in [1.165, 1.54) is 43.5 Å². The van der Waals surface area contributed by atoms with Crippen LogP contribution in [0.1, 0.15) is 45.8 Å². The highest BCUT2D eigenvalue weighted by Crippen LogP contribution is 2.29. The van der Waals surface area contributed by atoms with E-state index in [1.807, 2.05) is 13.0 Å². The Labute approximate surface area is 244 Å². The molecule has 5 rings (SSSR count). The summed E-state index contributed by atoms with van der Waals surface area (Å²) in [4.78, 5) is 20.4. The minimum absolute atomic E-state index is 0.0459. The van der Waals surface area contributed by atoms with E-state index in [2.05, 4.69) is 9.97 Å². The Hall–Kier alpha value is -5.21. The molecule has 11 heteroatoms. The van der Waals surface area contributed by atoms with E-state index >= 15 is 8.78 Å². The number of nitriles is 1. The van der Waals surface area contributed by atoms with Crippen LogP contribution in [0, 0.1) is 28.8 Å². The second-order valence-corrected chi connectivity index (χ2v) is 9.88. The third-order valence-electron chi connectivity index (χ3n) is 6.90. The predicted octanol–water partition coefficient (Wildman–Crippen LogP) is 6.46. The van der Waals surface area contributed by atoms with Crippen molar-refractivity contribution in [3.05, 3.63) is 112 Å². The standard InChI is InChI=1S/C32H25F3N4O4/c1-18(16-42-2)39-29-12-20(32(40)41)8-9-28(29)37-30(39)13-22-11-26(35)23(14-25(22)34)27-4-3-5-31(38-27)43-17-21-7-6-19(15-36)10-24(21)33/h3-12,14,18H,13,16-17H2,1-2H3,(H,40,41). The Kier molecular flexibility index (Phi) is 8.41. The van der Waals surface area contributed by atoms with E-state index in [4.69, 9.17) is 14.7 Å². The highest BCUT2D eigenvalue weighted by Gasteiger charge is 2.21. The third kappa shape index (κ3) is 6.19. The van der Waals surface area contributed by atoms with Gasteiger partial charge in [0, 0.05) is 30.7 Å². The summed E-state index contributed by atoms with van der Waals surface area (Å²) < 4.78 is 57.7. The van der Waals surface area contributed by atoms with Crippen LogP contribution in [0.2, 0.25) is 0 Å². The number of fused-ring (bicyclic) bond motifs is 1. The van der Waals surface area contributed by atoms with Crippen molar-refractivity contribution in [2.75, 3.05) is 13.7 Å². The lowest BCUT2D eigenvalue weighted by Crippen LogP contribution is -2.15. The summed E-state index contributed by atoms with van der Waals surface area (Å²) in [5, 5.41) is 18.4. The predicted molar refractivity (Wildman–Crippen MR) is 151 cm³/mol. The van der Waals surface area contributed by atoms with Gasteiger partial charge in [0.1, 0.15) is 29.9 Å². The highest BCUT2D eigenvalue weighted by atomic mass is 19.1. The smallest absolute Gasteiger partial charge is 0.335 e. The summed E-state index contributed by atoms with van der Waals surface area (Å²) in [7, 11) is 1.53. The summed E-state index contributed by atoms with van der Waals surface area (Å²) in [5.74, 6) is -2.62. The first-order chi connectivity index (χ1) is 20.7. The van der Waals surface area contributed by atoms with Crippen molar-refractivity contribution >= 4 is 17.0 Å². The number of methoxy groups -OCH3 is 1. The van der Waals surface area contributed by atoms with Crippen molar-refractivity contribution < 1.29 is 32.5 Å². The van der Waals surface area contributed by atoms with Gasteiger partial charge in [0.2, 0.25) is 5.88 Å². The maximum Gasteiger partial charge on any atom is 0.335 e. The molecular formula is C32H25F3N4O4. The van der Waals surface area contributed by atoms with Crippen LogP contribution in [0.5, 0.6) is 5.88 Å². The number of carboxylic acid groups (broad SMARTS) is 1. The van der Waals surface area contributed by atoms with Gasteiger partial charge in [-0.1, -0.05) is 12.1 Å². The van der Waals surface area contributed by atoms with Crippen LogP contribution >= 0.6 is 0 Å². The number of carbonyl (C=O) groups is 1. The van der Waals surface area contributed by atoms with Crippen molar-refractivity contribution in [2.45, 2.75) is 26.0 Å². The minimum atomic E-state index is -1.09. The SMILES string of the molecule is COCC(C)n1c(Cc2cc(F)c(-c3cccc(OCc4ccc(C#N)cc4F)n3)cc2F)nc2ccc(C(=O)O)cc21. The molecule has 0 bridgehead atoms. The Morgan fingerprint density at radius 3 is 2.51 bits per heavy atom. The zero-order valence-corrected chi connectivity index (χ0v) is 23.1. The molecule has 0 saturated carbocycles. The maximum atomic E-state index is 15.5. The zero-order chi connectivity index (χ0) is 30.7. The van der Waals surface area contributed by atoms with Crippen LogP contribution in [0.4, 0.5) is 13.2 Å². The molecule has 0 spiro atoms. The largest absolute Gasteiger partial charge is 0.478 e. The lowest BCUT2D eigenvalue weighted by molar-refractivity contribution is 0.0697. The lowest BCUT2D eigenvalue weighted by atomic mass is 10.0. The quantitative estimate of drug-likeness (QED) is 0.200. The number of aromatic nitrogens is 3. The molecule has 8 nitrogen and oxygen atoms in total. The summed E-state index contributed by atoms with van der Waals surface area (Å²) in [5.41, 5.74) is 1.58. The number of hydrogen-bond donors (Lipinski definition) is 1. The van der Waals surface area contributed by atoms with Crippen LogP contribution in [0.25, 0.3) is 22.3 Å². The van der Waals surface area contributed by atoms with Crippen molar-refractivity contribution in [3.8, 4) is 23.2 Å². The van der Waals surface area contributed by atoms with Gasteiger partial charge >= 0.3 is 5.97 Å². The maximum absolute atomic E-state index is 15.5. The number of halogens is 3. The lowest BCUT2D eigenvalue weighted by Gasteiger charge is -2.17. The number of nitrogens with zero attached hydrogens (tertiary/aromatic N) is 4. The number of aromatic carboxylic acids is 1. The Balaban J connectivity index is 1.43. The normalized spacial score (nSPS) is 11.8. The van der Waals surface area contributed by atoms with Crippen molar-refractivity contribution in [1.82, 2.24) is 14.5 Å². The molecule has 2 heterocycles. The molecular weight excluding hydrogens is 561 g/mol. The number of pyridine rings is 1. The average Bonchev–Trinajstić information content (AvgIpc) is 3.35. The molecule has 1 unspecified atom stereocenters. The Morgan fingerprint density at radius 1 is 1.00 bits per heavy atom. The Bertz CT molecular complexity index is 1880. The fraction of sp³-hybridized carbons (Fsp3) is 0.188. The summed E-state index contributed by atoms with van der Waals surface area (Å²) in [6.45, 7) is 1.96.